The summed E-state index contributed by atoms with van der Waals surface area (Å²) in [6.45, 7) is 2.95. The zero-order chi connectivity index (χ0) is 18.4. The van der Waals surface area contributed by atoms with Gasteiger partial charge in [-0.1, -0.05) is 30.3 Å². The summed E-state index contributed by atoms with van der Waals surface area (Å²) in [4.78, 5) is 17.2. The van der Waals surface area contributed by atoms with E-state index in [0.717, 1.165) is 38.6 Å². The predicted molar refractivity (Wildman–Crippen MR) is 99.3 cm³/mol. The molecule has 2 heterocycles. The van der Waals surface area contributed by atoms with Crippen LogP contribution in [0.15, 0.2) is 54.5 Å². The number of carbonyl (C=O) groups is 1. The molecule has 2 N–H and O–H groups in total. The third-order valence-corrected chi connectivity index (χ3v) is 4.39. The Labute approximate surface area is 152 Å². The number of nitrogens with one attached hydrogen (secondary N) is 1. The molecule has 2 aromatic rings. The van der Waals surface area contributed by atoms with E-state index in [2.05, 4.69) is 39.5 Å². The number of aliphatic carboxylic acids is 1. The molecule has 3 rings (SSSR count). The number of benzene rings is 1. The maximum Gasteiger partial charge on any atom is 0.364 e. The molecular formula is C20H22FN3O2. The monoisotopic (exact) mass is 355 g/mol. The van der Waals surface area contributed by atoms with Gasteiger partial charge in [-0.2, -0.15) is 4.39 Å². The molecule has 0 bridgehead atoms. The molecule has 0 saturated carbocycles. The van der Waals surface area contributed by atoms with Gasteiger partial charge in [-0.25, -0.2) is 9.78 Å². The molecule has 0 spiro atoms. The van der Waals surface area contributed by atoms with E-state index in [9.17, 15) is 9.18 Å². The van der Waals surface area contributed by atoms with Crippen LogP contribution in [0.5, 0.6) is 0 Å². The van der Waals surface area contributed by atoms with E-state index in [1.165, 1.54) is 11.8 Å². The smallest absolute Gasteiger partial charge is 0.364 e. The van der Waals surface area contributed by atoms with Gasteiger partial charge >= 0.3 is 5.97 Å². The molecule has 1 aromatic heterocycles. The van der Waals surface area contributed by atoms with Crippen LogP contribution in [0.4, 0.5) is 10.2 Å². The van der Waals surface area contributed by atoms with Crippen molar-refractivity contribution < 1.29 is 14.3 Å². The third-order valence-electron chi connectivity index (χ3n) is 4.39. The fourth-order valence-electron chi connectivity index (χ4n) is 3.15. The summed E-state index contributed by atoms with van der Waals surface area (Å²) in [5.41, 5.74) is 1.73. The molecule has 1 aromatic carbocycles. The maximum absolute atomic E-state index is 13.1. The first-order valence-corrected chi connectivity index (χ1v) is 8.69. The average molecular weight is 355 g/mol. The van der Waals surface area contributed by atoms with E-state index >= 15 is 0 Å². The Hall–Kier alpha value is -2.73. The Morgan fingerprint density at radius 1 is 1.31 bits per heavy atom. The van der Waals surface area contributed by atoms with Crippen molar-refractivity contribution in [3.8, 4) is 0 Å². The Bertz CT molecular complexity index is 762. The molecule has 0 aliphatic carbocycles. The van der Waals surface area contributed by atoms with Crippen molar-refractivity contribution in [1.29, 1.82) is 0 Å². The molecule has 5 nitrogen and oxygen atoms in total. The second-order valence-corrected chi connectivity index (χ2v) is 6.48. The molecule has 1 aliphatic rings. The van der Waals surface area contributed by atoms with Gasteiger partial charge in [0, 0.05) is 25.3 Å². The number of anilines is 1. The van der Waals surface area contributed by atoms with Crippen LogP contribution in [0, 0.1) is 0 Å². The van der Waals surface area contributed by atoms with Crippen LogP contribution < -0.4 is 5.32 Å². The number of hydrogen-bond acceptors (Lipinski definition) is 4. The van der Waals surface area contributed by atoms with Crippen molar-refractivity contribution in [2.24, 2.45) is 0 Å². The highest BCUT2D eigenvalue weighted by atomic mass is 19.1. The van der Waals surface area contributed by atoms with Crippen LogP contribution in [0.25, 0.3) is 6.08 Å². The molecule has 0 unspecified atom stereocenters. The fraction of sp³-hybridized carbons (Fsp3) is 0.300. The number of hydrogen-bond donors (Lipinski definition) is 2. The number of nitrogens with zero attached hydrogens (tertiary/aromatic N) is 2. The molecule has 136 valence electrons. The van der Waals surface area contributed by atoms with Crippen LogP contribution in [0.2, 0.25) is 0 Å². The predicted octanol–water partition coefficient (Wildman–Crippen LogP) is 3.55. The van der Waals surface area contributed by atoms with Crippen LogP contribution >= 0.6 is 0 Å². The number of carboxylic acids is 1. The number of carboxylic acid groups (broad SMARTS) is 1. The van der Waals surface area contributed by atoms with Gasteiger partial charge in [0.25, 0.3) is 0 Å². The van der Waals surface area contributed by atoms with Gasteiger partial charge in [0.05, 0.1) is 0 Å². The number of halogens is 1. The van der Waals surface area contributed by atoms with Gasteiger partial charge in [0.2, 0.25) is 5.83 Å². The number of likely N-dealkylation sites (tertiary alicyclic amines) is 1. The van der Waals surface area contributed by atoms with Gasteiger partial charge in [0.15, 0.2) is 0 Å². The van der Waals surface area contributed by atoms with E-state index in [1.807, 2.05) is 6.07 Å². The van der Waals surface area contributed by atoms with Gasteiger partial charge in [0.1, 0.15) is 5.82 Å². The summed E-state index contributed by atoms with van der Waals surface area (Å²) in [6, 6.07) is 14.1. The highest BCUT2D eigenvalue weighted by Gasteiger charge is 2.20. The van der Waals surface area contributed by atoms with Crippen molar-refractivity contribution in [2.75, 3.05) is 18.4 Å². The second kappa shape index (κ2) is 8.58. The Morgan fingerprint density at radius 2 is 2.12 bits per heavy atom. The Balaban J connectivity index is 1.56. The zero-order valence-electron chi connectivity index (χ0n) is 14.4. The van der Waals surface area contributed by atoms with Crippen LogP contribution in [-0.2, 0) is 11.3 Å². The summed E-state index contributed by atoms with van der Waals surface area (Å²) < 4.78 is 13.1. The topological polar surface area (TPSA) is 65.5 Å². The molecule has 26 heavy (non-hydrogen) atoms. The summed E-state index contributed by atoms with van der Waals surface area (Å²) in [6.07, 6.45) is 4.62. The maximum atomic E-state index is 13.1. The number of rotatable bonds is 6. The normalized spacial score (nSPS) is 18.5. The van der Waals surface area contributed by atoms with Crippen molar-refractivity contribution in [3.05, 3.63) is 65.6 Å². The van der Waals surface area contributed by atoms with Gasteiger partial charge in [-0.15, -0.1) is 0 Å². The number of pyridine rings is 1. The van der Waals surface area contributed by atoms with E-state index in [4.69, 9.17) is 5.11 Å². The lowest BCUT2D eigenvalue weighted by Crippen LogP contribution is -2.41. The second-order valence-electron chi connectivity index (χ2n) is 6.48. The molecule has 1 atom stereocenters. The summed E-state index contributed by atoms with van der Waals surface area (Å²) in [5.74, 6) is -2.06. The first kappa shape index (κ1) is 18.1. The number of piperidine rings is 1. The highest BCUT2D eigenvalue weighted by Crippen LogP contribution is 2.18. The third kappa shape index (κ3) is 5.13. The molecule has 1 saturated heterocycles. The highest BCUT2D eigenvalue weighted by molar-refractivity contribution is 5.89. The number of aromatic nitrogens is 1. The average Bonchev–Trinajstić information content (AvgIpc) is 2.64. The van der Waals surface area contributed by atoms with Crippen LogP contribution in [0.1, 0.15) is 24.0 Å². The van der Waals surface area contributed by atoms with E-state index in [0.29, 0.717) is 17.4 Å². The minimum atomic E-state index is -1.58. The summed E-state index contributed by atoms with van der Waals surface area (Å²) in [7, 11) is 0. The lowest BCUT2D eigenvalue weighted by atomic mass is 10.0. The minimum Gasteiger partial charge on any atom is -0.476 e. The zero-order valence-corrected chi connectivity index (χ0v) is 14.4. The largest absolute Gasteiger partial charge is 0.476 e. The lowest BCUT2D eigenvalue weighted by Gasteiger charge is -2.33. The van der Waals surface area contributed by atoms with Gasteiger partial charge in [-0.3, -0.25) is 4.90 Å². The first-order valence-electron chi connectivity index (χ1n) is 8.69. The standard InChI is InChI=1S/C20H22FN3O2/c21-18(20(25)26)11-16-8-9-19(22-12-16)23-17-7-4-10-24(14-17)13-15-5-2-1-3-6-15/h1-3,5-6,8-9,11-12,17H,4,7,10,13-14H2,(H,22,23)(H,25,26)/b18-11-/t17-/m1/s1. The summed E-state index contributed by atoms with van der Waals surface area (Å²) >= 11 is 0. The molecule has 0 radical (unpaired) electrons. The Morgan fingerprint density at radius 3 is 2.81 bits per heavy atom. The van der Waals surface area contributed by atoms with Crippen molar-refractivity contribution in [2.45, 2.75) is 25.4 Å². The Kier molecular flexibility index (Phi) is 5.96. The minimum absolute atomic E-state index is 0.303. The van der Waals surface area contributed by atoms with Gasteiger partial charge < -0.3 is 10.4 Å². The molecule has 1 aliphatic heterocycles. The molecule has 1 fully saturated rings. The summed E-state index contributed by atoms with van der Waals surface area (Å²) in [5, 5.41) is 12.0. The molecular weight excluding hydrogens is 333 g/mol. The van der Waals surface area contributed by atoms with E-state index in [-0.39, 0.29) is 0 Å². The van der Waals surface area contributed by atoms with Gasteiger partial charge in [-0.05, 0) is 48.7 Å². The van der Waals surface area contributed by atoms with Crippen molar-refractivity contribution >= 4 is 17.9 Å². The molecule has 6 heteroatoms. The quantitative estimate of drug-likeness (QED) is 0.776. The lowest BCUT2D eigenvalue weighted by molar-refractivity contribution is -0.134. The van der Waals surface area contributed by atoms with E-state index < -0.39 is 11.8 Å². The van der Waals surface area contributed by atoms with Crippen LogP contribution in [-0.4, -0.2) is 40.1 Å². The van der Waals surface area contributed by atoms with Crippen LogP contribution in [0.3, 0.4) is 0 Å². The molecule has 0 amide bonds. The SMILES string of the molecule is O=C(O)/C(F)=C/c1ccc(N[C@@H]2CCCN(Cc3ccccc3)C2)nc1. The fourth-order valence-corrected chi connectivity index (χ4v) is 3.15. The first-order chi connectivity index (χ1) is 12.6. The van der Waals surface area contributed by atoms with Crippen molar-refractivity contribution in [1.82, 2.24) is 9.88 Å². The van der Waals surface area contributed by atoms with E-state index in [1.54, 1.807) is 12.1 Å². The van der Waals surface area contributed by atoms with Crippen molar-refractivity contribution in [3.63, 3.8) is 0 Å².